The summed E-state index contributed by atoms with van der Waals surface area (Å²) in [6.45, 7) is 2.63. The van der Waals surface area contributed by atoms with Gasteiger partial charge in [-0.2, -0.15) is 0 Å². The molecule has 0 aliphatic heterocycles. The molecule has 5 aliphatic carbocycles. The van der Waals surface area contributed by atoms with Crippen molar-refractivity contribution in [3.8, 4) is 5.75 Å². The number of carbonyl (C=O) groups is 5. The highest BCUT2D eigenvalue weighted by Crippen LogP contribution is 2.51. The van der Waals surface area contributed by atoms with E-state index in [2.05, 4.69) is 4.90 Å². The first-order valence-corrected chi connectivity index (χ1v) is 14.3. The lowest BCUT2D eigenvalue weighted by Crippen LogP contribution is -2.74. The maximum absolute atomic E-state index is 14.0. The number of nitrogens with zero attached hydrogens (tertiary/aromatic N) is 2. The van der Waals surface area contributed by atoms with Gasteiger partial charge in [0.25, 0.3) is 0 Å². The molecule has 0 aromatic heterocycles. The third kappa shape index (κ3) is 4.23. The van der Waals surface area contributed by atoms with E-state index in [0.717, 1.165) is 18.7 Å². The van der Waals surface area contributed by atoms with Crippen LogP contribution in [0.2, 0.25) is 0 Å². The average molecular weight is 552 g/mol. The maximum atomic E-state index is 14.0. The van der Waals surface area contributed by atoms with Crippen LogP contribution in [0.15, 0.2) is 12.1 Å². The zero-order chi connectivity index (χ0) is 28.7. The maximum Gasteiger partial charge on any atom is 0.235 e. The van der Waals surface area contributed by atoms with Gasteiger partial charge in [-0.3, -0.25) is 33.8 Å². The second-order valence-corrected chi connectivity index (χ2v) is 13.0. The molecule has 0 spiro atoms. The van der Waals surface area contributed by atoms with Gasteiger partial charge in [0.1, 0.15) is 5.75 Å². The predicted molar refractivity (Wildman–Crippen MR) is 142 cm³/mol. The molecule has 4 fully saturated rings. The molecule has 1 amide bonds. The van der Waals surface area contributed by atoms with Crippen molar-refractivity contribution in [2.45, 2.75) is 56.7 Å². The third-order valence-electron chi connectivity index (χ3n) is 9.86. The molecule has 214 valence electrons. The number of amides is 1. The highest BCUT2D eigenvalue weighted by Gasteiger charge is 2.69. The molecule has 1 aromatic carbocycles. The Kier molecular flexibility index (Phi) is 6.51. The van der Waals surface area contributed by atoms with Crippen molar-refractivity contribution in [2.75, 3.05) is 27.2 Å². The molecule has 6 atom stereocenters. The number of rotatable bonds is 8. The molecule has 0 saturated heterocycles. The van der Waals surface area contributed by atoms with Gasteiger partial charge in [-0.1, -0.05) is 6.07 Å². The monoisotopic (exact) mass is 551 g/mol. The largest absolute Gasteiger partial charge is 0.507 e. The standard InChI is InChI=1S/C30H37N3O7/c1-32(2)24-19-10-17-9-18-16(13-33(11-14-3-4-14)12-15-5-6-15)7-8-20(34)22(18)25(35)21(17)27(37)30(19,40)28(38)23(26(24)36)29(31)39/h7-8,14-15,17,19,21,23-24,34,40H,3-6,9-13H2,1-2H3,(H2,31,39). The number of phenolic OH excluding ortho intramolecular Hbond substituents is 1. The first kappa shape index (κ1) is 27.2. The number of likely N-dealkylation sites (N-methyl/N-ethyl adjacent to an activating group) is 1. The zero-order valence-electron chi connectivity index (χ0n) is 23.0. The van der Waals surface area contributed by atoms with E-state index >= 15 is 0 Å². The van der Waals surface area contributed by atoms with Gasteiger partial charge in [-0.15, -0.1) is 0 Å². The Labute approximate surface area is 232 Å². The molecule has 1 aromatic rings. The first-order chi connectivity index (χ1) is 18.9. The van der Waals surface area contributed by atoms with Crippen molar-refractivity contribution >= 4 is 29.0 Å². The molecule has 0 bridgehead atoms. The Balaban J connectivity index is 1.38. The number of benzene rings is 1. The number of aromatic hydroxyl groups is 1. The van der Waals surface area contributed by atoms with E-state index in [1.165, 1.54) is 36.6 Å². The van der Waals surface area contributed by atoms with Gasteiger partial charge >= 0.3 is 0 Å². The van der Waals surface area contributed by atoms with Crippen LogP contribution >= 0.6 is 0 Å². The summed E-state index contributed by atoms with van der Waals surface area (Å²) < 4.78 is 0. The van der Waals surface area contributed by atoms with Crippen LogP contribution in [0.1, 0.15) is 53.6 Å². The summed E-state index contributed by atoms with van der Waals surface area (Å²) in [6, 6.07) is 2.24. The fourth-order valence-corrected chi connectivity index (χ4v) is 7.59. The summed E-state index contributed by atoms with van der Waals surface area (Å²) >= 11 is 0. The summed E-state index contributed by atoms with van der Waals surface area (Å²) in [7, 11) is 3.17. The number of fused-ring (bicyclic) bond motifs is 3. The van der Waals surface area contributed by atoms with Crippen molar-refractivity contribution in [3.63, 3.8) is 0 Å². The fraction of sp³-hybridized carbons (Fsp3) is 0.633. The van der Waals surface area contributed by atoms with Gasteiger partial charge in [-0.25, -0.2) is 0 Å². The molecule has 40 heavy (non-hydrogen) atoms. The number of hydrogen-bond donors (Lipinski definition) is 3. The number of ketones is 4. The van der Waals surface area contributed by atoms with Crippen molar-refractivity contribution in [2.24, 2.45) is 41.2 Å². The van der Waals surface area contributed by atoms with Gasteiger partial charge < -0.3 is 15.9 Å². The summed E-state index contributed by atoms with van der Waals surface area (Å²) in [5.74, 6) is -8.70. The molecule has 6 rings (SSSR count). The Morgan fingerprint density at radius 1 is 1.02 bits per heavy atom. The van der Waals surface area contributed by atoms with E-state index in [9.17, 15) is 34.2 Å². The first-order valence-electron chi connectivity index (χ1n) is 14.3. The highest BCUT2D eigenvalue weighted by atomic mass is 16.3. The number of phenols is 1. The van der Waals surface area contributed by atoms with E-state index in [4.69, 9.17) is 5.73 Å². The number of primary amides is 1. The van der Waals surface area contributed by atoms with Crippen molar-refractivity contribution < 1.29 is 34.2 Å². The van der Waals surface area contributed by atoms with E-state index in [0.29, 0.717) is 30.4 Å². The minimum atomic E-state index is -2.70. The normalized spacial score (nSPS) is 33.7. The quantitative estimate of drug-likeness (QED) is 0.391. The molecule has 10 nitrogen and oxygen atoms in total. The highest BCUT2D eigenvalue weighted by molar-refractivity contribution is 6.32. The molecule has 6 unspecified atom stereocenters. The van der Waals surface area contributed by atoms with Gasteiger partial charge in [0.05, 0.1) is 17.5 Å². The third-order valence-corrected chi connectivity index (χ3v) is 9.86. The second kappa shape index (κ2) is 9.56. The van der Waals surface area contributed by atoms with E-state index in [-0.39, 0.29) is 17.7 Å². The smallest absolute Gasteiger partial charge is 0.235 e. The number of Topliss-reactive ketones (excluding diaryl/α,β-unsaturated/α-hetero) is 4. The van der Waals surface area contributed by atoms with Crippen LogP contribution in [0.25, 0.3) is 0 Å². The van der Waals surface area contributed by atoms with Gasteiger partial charge in [0.15, 0.2) is 34.7 Å². The Bertz CT molecular complexity index is 1300. The topological polar surface area (TPSA) is 158 Å². The molecule has 4 N–H and O–H groups in total. The number of hydrogen-bond acceptors (Lipinski definition) is 9. The Morgan fingerprint density at radius 2 is 1.65 bits per heavy atom. The molecule has 0 radical (unpaired) electrons. The lowest BCUT2D eigenvalue weighted by Gasteiger charge is -2.52. The SMILES string of the molecule is CN(C)C1C(=O)C(C(N)=O)C(=O)C2(O)C(=O)C3C(=O)c4c(O)ccc(CN(CC5CC5)CC5CC5)c4CC3CC12. The summed E-state index contributed by atoms with van der Waals surface area (Å²) in [5, 5.41) is 22.5. The molecule has 4 saturated carbocycles. The number of nitrogens with two attached hydrogens (primary N) is 1. The van der Waals surface area contributed by atoms with E-state index in [1.54, 1.807) is 14.1 Å². The summed E-state index contributed by atoms with van der Waals surface area (Å²) in [4.78, 5) is 70.6. The van der Waals surface area contributed by atoms with Crippen molar-refractivity contribution in [1.82, 2.24) is 9.80 Å². The van der Waals surface area contributed by atoms with Crippen LogP contribution < -0.4 is 5.73 Å². The van der Waals surface area contributed by atoms with Crippen molar-refractivity contribution in [1.29, 1.82) is 0 Å². The lowest BCUT2D eigenvalue weighted by molar-refractivity contribution is -0.181. The number of aliphatic hydroxyl groups is 1. The van der Waals surface area contributed by atoms with E-state index < -0.39 is 64.4 Å². The van der Waals surface area contributed by atoms with Crippen LogP contribution in [-0.4, -0.2) is 87.9 Å². The molecular weight excluding hydrogens is 514 g/mol. The summed E-state index contributed by atoms with van der Waals surface area (Å²) in [5.41, 5.74) is 4.38. The second-order valence-electron chi connectivity index (χ2n) is 13.0. The van der Waals surface area contributed by atoms with Gasteiger partial charge in [0.2, 0.25) is 5.91 Å². The van der Waals surface area contributed by atoms with Crippen LogP contribution in [0.5, 0.6) is 5.75 Å². The molecule has 0 heterocycles. The Hall–Kier alpha value is -2.95. The molecule has 5 aliphatic rings. The fourth-order valence-electron chi connectivity index (χ4n) is 7.59. The van der Waals surface area contributed by atoms with Crippen LogP contribution in [0, 0.1) is 35.5 Å². The van der Waals surface area contributed by atoms with Crippen LogP contribution in [0.4, 0.5) is 0 Å². The number of carbonyl (C=O) groups excluding carboxylic acids is 5. The zero-order valence-corrected chi connectivity index (χ0v) is 23.0. The molecular formula is C30H37N3O7. The van der Waals surface area contributed by atoms with Crippen LogP contribution in [-0.2, 0) is 32.1 Å². The Morgan fingerprint density at radius 3 is 2.20 bits per heavy atom. The predicted octanol–water partition coefficient (Wildman–Crippen LogP) is 0.489. The van der Waals surface area contributed by atoms with Crippen molar-refractivity contribution in [3.05, 3.63) is 28.8 Å². The van der Waals surface area contributed by atoms with Crippen LogP contribution in [0.3, 0.4) is 0 Å². The minimum Gasteiger partial charge on any atom is -0.507 e. The van der Waals surface area contributed by atoms with Gasteiger partial charge in [0, 0.05) is 25.6 Å². The van der Waals surface area contributed by atoms with E-state index in [1.807, 2.05) is 6.07 Å². The average Bonchev–Trinajstić information content (AvgIpc) is 3.80. The summed E-state index contributed by atoms with van der Waals surface area (Å²) in [6.07, 6.45) is 5.27. The lowest BCUT2D eigenvalue weighted by atomic mass is 9.52. The minimum absolute atomic E-state index is 0.0624. The molecule has 10 heteroatoms. The van der Waals surface area contributed by atoms with Gasteiger partial charge in [-0.05, 0) is 87.6 Å².